The lowest BCUT2D eigenvalue weighted by Crippen LogP contribution is -2.02. The Hall–Kier alpha value is 0.160. The van der Waals surface area contributed by atoms with Crippen molar-refractivity contribution >= 4 is 78.3 Å². The molecule has 8 heteroatoms. The van der Waals surface area contributed by atoms with E-state index in [-0.39, 0.29) is 11.5 Å². The summed E-state index contributed by atoms with van der Waals surface area (Å²) < 4.78 is 12.6. The molecule has 0 spiro atoms. The largest absolute Gasteiger partial charge is 0.446 e. The van der Waals surface area contributed by atoms with Gasteiger partial charge in [0.05, 0.1) is 10.0 Å². The molecule has 0 bridgehead atoms. The lowest BCUT2D eigenvalue weighted by atomic mass is 10.2. The van der Waals surface area contributed by atoms with Gasteiger partial charge in [0.25, 0.3) is 0 Å². The average molecular weight is 480 g/mol. The highest BCUT2D eigenvalue weighted by molar-refractivity contribution is 9.10. The third-order valence-electron chi connectivity index (χ3n) is 2.58. The molecule has 0 unspecified atom stereocenters. The third kappa shape index (κ3) is 2.31. The van der Waals surface area contributed by atoms with Crippen molar-refractivity contribution in [3.8, 4) is 23.0 Å². The van der Waals surface area contributed by atoms with E-state index in [0.717, 1.165) is 0 Å². The number of hydrogen-bond acceptors (Lipinski definition) is 2. The maximum absolute atomic E-state index is 6.18. The molecule has 104 valence electrons. The minimum absolute atomic E-state index is 0.287. The molecule has 2 nitrogen and oxygen atoms in total. The van der Waals surface area contributed by atoms with Crippen LogP contribution in [0.25, 0.3) is 0 Å². The smallest absolute Gasteiger partial charge is 0.191 e. The predicted molar refractivity (Wildman–Crippen MR) is 88.5 cm³/mol. The molecule has 0 aliphatic carbocycles. The van der Waals surface area contributed by atoms with Crippen molar-refractivity contribution < 1.29 is 9.47 Å². The minimum atomic E-state index is 0.287. The van der Waals surface area contributed by atoms with E-state index in [9.17, 15) is 0 Å². The summed E-state index contributed by atoms with van der Waals surface area (Å²) >= 11 is 31.2. The molecule has 2 aromatic rings. The highest BCUT2D eigenvalue weighted by Crippen LogP contribution is 2.58. The highest BCUT2D eigenvalue weighted by atomic mass is 79.9. The monoisotopic (exact) mass is 476 g/mol. The summed E-state index contributed by atoms with van der Waals surface area (Å²) in [5.74, 6) is 1.17. The second-order valence-corrected chi connectivity index (χ2v) is 7.11. The predicted octanol–water partition coefficient (Wildman–Crippen LogP) is 7.72. The minimum Gasteiger partial charge on any atom is -0.446 e. The van der Waals surface area contributed by atoms with Gasteiger partial charge in [-0.15, -0.1) is 0 Å². The van der Waals surface area contributed by atoms with Crippen LogP contribution >= 0.6 is 78.3 Å². The van der Waals surface area contributed by atoms with Crippen molar-refractivity contribution in [2.45, 2.75) is 0 Å². The number of benzene rings is 2. The highest BCUT2D eigenvalue weighted by Gasteiger charge is 2.30. The standard InChI is InChI=1S/C12H2Br2Cl4O2/c13-3-1-5(15)9-11(7(3)17)20-12-8(18)4(14)2-6(16)10(12)19-9/h1-2H. The molecule has 0 fully saturated rings. The van der Waals surface area contributed by atoms with Crippen LogP contribution in [0.1, 0.15) is 0 Å². The fourth-order valence-corrected chi connectivity index (χ4v) is 3.60. The first-order chi connectivity index (χ1) is 9.40. The molecule has 1 heterocycles. The van der Waals surface area contributed by atoms with E-state index in [1.54, 1.807) is 12.1 Å². The Morgan fingerprint density at radius 2 is 1.00 bits per heavy atom. The van der Waals surface area contributed by atoms with Crippen LogP contribution in [0.4, 0.5) is 0 Å². The van der Waals surface area contributed by atoms with Crippen LogP contribution in [-0.2, 0) is 0 Å². The number of fused-ring (bicyclic) bond motifs is 2. The van der Waals surface area contributed by atoms with Gasteiger partial charge in [-0.2, -0.15) is 0 Å². The summed E-state index contributed by atoms with van der Waals surface area (Å²) in [6.07, 6.45) is 0. The van der Waals surface area contributed by atoms with Crippen LogP contribution in [0.2, 0.25) is 20.1 Å². The average Bonchev–Trinajstić information content (AvgIpc) is 2.41. The third-order valence-corrected chi connectivity index (χ3v) is 5.60. The quantitative estimate of drug-likeness (QED) is 0.307. The molecular formula is C12H2Br2Cl4O2. The van der Waals surface area contributed by atoms with Crippen molar-refractivity contribution in [3.63, 3.8) is 0 Å². The van der Waals surface area contributed by atoms with E-state index in [1.807, 2.05) is 0 Å². The fourth-order valence-electron chi connectivity index (χ4n) is 1.69. The van der Waals surface area contributed by atoms with E-state index in [4.69, 9.17) is 55.9 Å². The zero-order valence-electron chi connectivity index (χ0n) is 9.24. The number of halogens is 6. The second-order valence-electron chi connectivity index (χ2n) is 3.83. The summed E-state index contributed by atoms with van der Waals surface area (Å²) in [6, 6.07) is 3.23. The molecule has 1 aliphatic rings. The van der Waals surface area contributed by atoms with Crippen molar-refractivity contribution in [1.82, 2.24) is 0 Å². The van der Waals surface area contributed by atoms with Gasteiger partial charge < -0.3 is 9.47 Å². The zero-order chi connectivity index (χ0) is 14.6. The summed E-state index contributed by atoms with van der Waals surface area (Å²) in [7, 11) is 0. The van der Waals surface area contributed by atoms with Gasteiger partial charge in [-0.3, -0.25) is 0 Å². The molecule has 0 radical (unpaired) electrons. The first-order valence-corrected chi connectivity index (χ1v) is 8.20. The second kappa shape index (κ2) is 5.41. The van der Waals surface area contributed by atoms with Crippen LogP contribution < -0.4 is 9.47 Å². The molecule has 3 rings (SSSR count). The maximum atomic E-state index is 6.18. The van der Waals surface area contributed by atoms with Gasteiger partial charge in [0.1, 0.15) is 10.0 Å². The van der Waals surface area contributed by atoms with Crippen LogP contribution in [0.3, 0.4) is 0 Å². The lowest BCUT2D eigenvalue weighted by molar-refractivity contribution is 0.360. The van der Waals surface area contributed by atoms with Gasteiger partial charge in [0.2, 0.25) is 0 Å². The van der Waals surface area contributed by atoms with Gasteiger partial charge in [0.15, 0.2) is 23.0 Å². The van der Waals surface area contributed by atoms with E-state index in [1.165, 1.54) is 0 Å². The fraction of sp³-hybridized carbons (Fsp3) is 0. The van der Waals surface area contributed by atoms with E-state index in [2.05, 4.69) is 31.9 Å². The summed E-state index contributed by atoms with van der Waals surface area (Å²) in [5, 5.41) is 1.36. The molecule has 0 saturated carbocycles. The van der Waals surface area contributed by atoms with Crippen molar-refractivity contribution in [1.29, 1.82) is 0 Å². The first-order valence-electron chi connectivity index (χ1n) is 5.11. The van der Waals surface area contributed by atoms with Gasteiger partial charge in [-0.25, -0.2) is 0 Å². The molecule has 0 N–H and O–H groups in total. The Morgan fingerprint density at radius 3 is 1.40 bits per heavy atom. The van der Waals surface area contributed by atoms with Crippen molar-refractivity contribution in [3.05, 3.63) is 41.2 Å². The molecular weight excluding hydrogens is 478 g/mol. The lowest BCUT2D eigenvalue weighted by Gasteiger charge is -2.24. The van der Waals surface area contributed by atoms with E-state index >= 15 is 0 Å². The van der Waals surface area contributed by atoms with Crippen molar-refractivity contribution in [2.24, 2.45) is 0 Å². The summed E-state index contributed by atoms with van der Waals surface area (Å²) in [6.45, 7) is 0. The van der Waals surface area contributed by atoms with E-state index in [0.29, 0.717) is 40.5 Å². The molecule has 0 saturated heterocycles. The normalized spacial score (nSPS) is 12.3. The van der Waals surface area contributed by atoms with Gasteiger partial charge in [-0.05, 0) is 44.0 Å². The first kappa shape index (κ1) is 15.1. The molecule has 20 heavy (non-hydrogen) atoms. The molecule has 0 amide bonds. The topological polar surface area (TPSA) is 18.5 Å². The van der Waals surface area contributed by atoms with Crippen LogP contribution in [0.15, 0.2) is 21.1 Å². The Morgan fingerprint density at radius 1 is 0.650 bits per heavy atom. The van der Waals surface area contributed by atoms with Gasteiger partial charge in [0, 0.05) is 8.95 Å². The van der Waals surface area contributed by atoms with Crippen LogP contribution in [0.5, 0.6) is 23.0 Å². The van der Waals surface area contributed by atoms with Gasteiger partial charge >= 0.3 is 0 Å². The maximum Gasteiger partial charge on any atom is 0.191 e. The SMILES string of the molecule is Clc1cc(Br)c(Cl)c2c1Oc1c(Cl)cc(Br)c(Cl)c1O2. The Kier molecular flexibility index (Phi) is 4.08. The number of hydrogen-bond donors (Lipinski definition) is 0. The molecule has 1 aliphatic heterocycles. The zero-order valence-corrected chi connectivity index (χ0v) is 15.4. The summed E-state index contributed by atoms with van der Waals surface area (Å²) in [4.78, 5) is 0. The van der Waals surface area contributed by atoms with Crippen molar-refractivity contribution in [2.75, 3.05) is 0 Å². The van der Waals surface area contributed by atoms with Crippen LogP contribution in [-0.4, -0.2) is 0 Å². The number of ether oxygens (including phenoxy) is 2. The number of rotatable bonds is 0. The molecule has 0 atom stereocenters. The molecule has 0 aromatic heterocycles. The Balaban J connectivity index is 2.27. The Bertz CT molecular complexity index is 688. The van der Waals surface area contributed by atoms with Gasteiger partial charge in [-0.1, -0.05) is 46.4 Å². The molecule has 2 aromatic carbocycles. The van der Waals surface area contributed by atoms with Crippen LogP contribution in [0, 0.1) is 0 Å². The van der Waals surface area contributed by atoms with E-state index < -0.39 is 0 Å². The Labute approximate surface area is 151 Å². The summed E-state index contributed by atoms with van der Waals surface area (Å²) in [5.41, 5.74) is 0.